The van der Waals surface area contributed by atoms with Gasteiger partial charge in [-0.2, -0.15) is 0 Å². The van der Waals surface area contributed by atoms with Gasteiger partial charge < -0.3 is 19.8 Å². The molecule has 7 nitrogen and oxygen atoms in total. The van der Waals surface area contributed by atoms with Crippen molar-refractivity contribution in [2.45, 2.75) is 50.2 Å². The van der Waals surface area contributed by atoms with Crippen molar-refractivity contribution in [3.63, 3.8) is 0 Å². The molecule has 0 bridgehead atoms. The smallest absolute Gasteiger partial charge is 0.323 e. The summed E-state index contributed by atoms with van der Waals surface area (Å²) in [5.74, 6) is -0.862. The first-order valence-corrected chi connectivity index (χ1v) is 12.1. The van der Waals surface area contributed by atoms with Gasteiger partial charge in [0, 0.05) is 30.7 Å². The minimum atomic E-state index is -1.02. The van der Waals surface area contributed by atoms with Crippen molar-refractivity contribution in [2.24, 2.45) is 5.92 Å². The summed E-state index contributed by atoms with van der Waals surface area (Å²) in [6.45, 7) is -0.326. The number of hydrogen-bond acceptors (Lipinski definition) is 4. The monoisotopic (exact) mass is 453 g/mol. The van der Waals surface area contributed by atoms with Gasteiger partial charge in [0.2, 0.25) is 0 Å². The molecule has 3 unspecified atom stereocenters. The van der Waals surface area contributed by atoms with Crippen molar-refractivity contribution < 1.29 is 19.5 Å². The highest BCUT2D eigenvalue weighted by Crippen LogP contribution is 2.53. The zero-order valence-corrected chi connectivity index (χ0v) is 18.8. The van der Waals surface area contributed by atoms with Gasteiger partial charge in [0.05, 0.1) is 10.9 Å². The molecular weight excluding hydrogens is 426 g/mol. The number of thiophene rings is 1. The molecule has 0 saturated heterocycles. The van der Waals surface area contributed by atoms with E-state index in [1.54, 1.807) is 7.05 Å². The lowest BCUT2D eigenvalue weighted by atomic mass is 9.81. The van der Waals surface area contributed by atoms with Crippen LogP contribution in [0, 0.1) is 5.92 Å². The average molecular weight is 454 g/mol. The minimum absolute atomic E-state index is 0.0232. The number of benzene rings is 1. The third-order valence-corrected chi connectivity index (χ3v) is 7.75. The largest absolute Gasteiger partial charge is 0.480 e. The van der Waals surface area contributed by atoms with E-state index in [-0.39, 0.29) is 42.5 Å². The second kappa shape index (κ2) is 8.24. The molecule has 1 aromatic heterocycles. The third-order valence-electron chi connectivity index (χ3n) is 6.89. The molecule has 2 aliphatic carbocycles. The Morgan fingerprint density at radius 2 is 1.88 bits per heavy atom. The summed E-state index contributed by atoms with van der Waals surface area (Å²) in [7, 11) is 1.55. The normalized spacial score (nSPS) is 23.9. The number of urea groups is 1. The fraction of sp³-hybridized carbons (Fsp3) is 0.458. The van der Waals surface area contributed by atoms with Gasteiger partial charge in [-0.1, -0.05) is 30.7 Å². The molecule has 3 aliphatic rings. The Kier molecular flexibility index (Phi) is 5.41. The van der Waals surface area contributed by atoms with Crippen molar-refractivity contribution in [3.05, 3.63) is 52.2 Å². The number of likely N-dealkylation sites (N-methyl/N-ethyl adjacent to an activating group) is 1. The quantitative estimate of drug-likeness (QED) is 0.735. The van der Waals surface area contributed by atoms with Gasteiger partial charge in [-0.15, -0.1) is 11.3 Å². The predicted octanol–water partition coefficient (Wildman–Crippen LogP) is 4.22. The molecule has 2 saturated carbocycles. The number of carboxylic acids is 1. The van der Waals surface area contributed by atoms with Crippen molar-refractivity contribution in [1.29, 1.82) is 0 Å². The second-order valence-electron chi connectivity index (χ2n) is 8.99. The number of hydrogen-bond donors (Lipinski definition) is 1. The van der Waals surface area contributed by atoms with Crippen LogP contribution in [0.2, 0.25) is 0 Å². The van der Waals surface area contributed by atoms with Crippen LogP contribution in [0.5, 0.6) is 0 Å². The number of rotatable bonds is 5. The lowest BCUT2D eigenvalue weighted by Crippen LogP contribution is -2.54. The Hall–Kier alpha value is -2.87. The van der Waals surface area contributed by atoms with Crippen LogP contribution < -0.4 is 4.90 Å². The number of aliphatic carboxylic acids is 1. The van der Waals surface area contributed by atoms with Crippen LogP contribution in [-0.4, -0.2) is 58.5 Å². The Balaban J connectivity index is 1.58. The van der Waals surface area contributed by atoms with E-state index in [0.29, 0.717) is 0 Å². The van der Waals surface area contributed by atoms with Crippen molar-refractivity contribution in [3.8, 4) is 0 Å². The van der Waals surface area contributed by atoms with E-state index in [9.17, 15) is 19.5 Å². The molecule has 0 spiro atoms. The summed E-state index contributed by atoms with van der Waals surface area (Å²) in [6.07, 6.45) is 4.72. The van der Waals surface area contributed by atoms with Gasteiger partial charge in [-0.05, 0) is 48.8 Å². The maximum Gasteiger partial charge on any atom is 0.323 e. The number of carbonyl (C=O) groups is 3. The Bertz CT molecular complexity index is 1040. The van der Waals surface area contributed by atoms with Gasteiger partial charge in [0.15, 0.2) is 0 Å². The van der Waals surface area contributed by atoms with Gasteiger partial charge >= 0.3 is 12.0 Å². The van der Waals surface area contributed by atoms with Crippen molar-refractivity contribution in [2.75, 3.05) is 18.5 Å². The van der Waals surface area contributed by atoms with Crippen LogP contribution in [0.3, 0.4) is 0 Å². The Morgan fingerprint density at radius 3 is 2.56 bits per heavy atom. The predicted molar refractivity (Wildman–Crippen MR) is 122 cm³/mol. The molecule has 2 heterocycles. The summed E-state index contributed by atoms with van der Waals surface area (Å²) < 4.78 is 0. The van der Waals surface area contributed by atoms with Crippen LogP contribution in [0.15, 0.2) is 41.8 Å². The van der Waals surface area contributed by atoms with E-state index in [0.717, 1.165) is 48.2 Å². The van der Waals surface area contributed by atoms with E-state index in [1.165, 1.54) is 16.2 Å². The first-order valence-electron chi connectivity index (χ1n) is 11.2. The highest BCUT2D eigenvalue weighted by atomic mass is 32.1. The summed E-state index contributed by atoms with van der Waals surface area (Å²) in [6, 6.07) is 11.5. The zero-order chi connectivity index (χ0) is 22.4. The van der Waals surface area contributed by atoms with Crippen LogP contribution in [-0.2, 0) is 4.79 Å². The number of amides is 3. The van der Waals surface area contributed by atoms with E-state index < -0.39 is 5.97 Å². The van der Waals surface area contributed by atoms with E-state index in [1.807, 2.05) is 51.6 Å². The van der Waals surface area contributed by atoms with Crippen LogP contribution in [0.25, 0.3) is 0 Å². The maximum atomic E-state index is 13.5. The number of nitrogens with zero attached hydrogens (tertiary/aromatic N) is 3. The lowest BCUT2D eigenvalue weighted by molar-refractivity contribution is -0.137. The zero-order valence-electron chi connectivity index (χ0n) is 18.0. The summed E-state index contributed by atoms with van der Waals surface area (Å²) in [5, 5.41) is 11.1. The SMILES string of the molecule is CN(CC(=O)O)C(=O)N(C1CC1)C1c2ccccc2N(C(=O)c2cccs2)C2CCCC21. The number of fused-ring (bicyclic) bond motifs is 2. The molecule has 168 valence electrons. The van der Waals surface area contributed by atoms with Gasteiger partial charge in [-0.3, -0.25) is 9.59 Å². The average Bonchev–Trinajstić information content (AvgIpc) is 3.24. The first kappa shape index (κ1) is 21.0. The molecule has 3 amide bonds. The number of para-hydroxylation sites is 1. The van der Waals surface area contributed by atoms with E-state index in [4.69, 9.17) is 0 Å². The standard InChI is InChI=1S/C24H27N3O4S/c1-25(14-21(28)29)24(31)26(15-11-12-15)22-16-6-2-3-8-18(16)27(19-9-4-7-17(19)22)23(30)20-10-5-13-32-20/h2-3,5-6,8,10,13,15,17,19,22H,4,7,9,11-12,14H2,1H3,(H,28,29). The van der Waals surface area contributed by atoms with E-state index in [2.05, 4.69) is 0 Å². The molecule has 8 heteroatoms. The third kappa shape index (κ3) is 3.56. The van der Waals surface area contributed by atoms with Crippen molar-refractivity contribution in [1.82, 2.24) is 9.80 Å². The topological polar surface area (TPSA) is 81.2 Å². The van der Waals surface area contributed by atoms with Gasteiger partial charge in [-0.25, -0.2) is 4.79 Å². The summed E-state index contributed by atoms with van der Waals surface area (Å²) >= 11 is 1.45. The number of anilines is 1. The molecule has 5 rings (SSSR count). The van der Waals surface area contributed by atoms with Crippen LogP contribution >= 0.6 is 11.3 Å². The second-order valence-corrected chi connectivity index (χ2v) is 9.94. The molecular formula is C24H27N3O4S. The molecule has 1 N–H and O–H groups in total. The number of carbonyl (C=O) groups excluding carboxylic acids is 2. The maximum absolute atomic E-state index is 13.5. The Labute approximate surface area is 191 Å². The molecule has 2 fully saturated rings. The molecule has 0 radical (unpaired) electrons. The van der Waals surface area contributed by atoms with Gasteiger partial charge in [0.1, 0.15) is 6.54 Å². The molecule has 1 aliphatic heterocycles. The molecule has 3 atom stereocenters. The van der Waals surface area contributed by atoms with Crippen LogP contribution in [0.1, 0.15) is 53.4 Å². The Morgan fingerprint density at radius 1 is 1.09 bits per heavy atom. The molecule has 1 aromatic carbocycles. The van der Waals surface area contributed by atoms with Crippen molar-refractivity contribution >= 4 is 34.9 Å². The minimum Gasteiger partial charge on any atom is -0.480 e. The van der Waals surface area contributed by atoms with E-state index >= 15 is 0 Å². The van der Waals surface area contributed by atoms with Gasteiger partial charge in [0.25, 0.3) is 5.91 Å². The highest BCUT2D eigenvalue weighted by molar-refractivity contribution is 7.12. The summed E-state index contributed by atoms with van der Waals surface area (Å²) in [4.78, 5) is 44.2. The van der Waals surface area contributed by atoms with Crippen LogP contribution in [0.4, 0.5) is 10.5 Å². The highest BCUT2D eigenvalue weighted by Gasteiger charge is 2.52. The first-order chi connectivity index (χ1) is 15.5. The fourth-order valence-electron chi connectivity index (χ4n) is 5.48. The molecule has 2 aromatic rings. The summed E-state index contributed by atoms with van der Waals surface area (Å²) in [5.41, 5.74) is 1.86. The lowest BCUT2D eigenvalue weighted by Gasteiger charge is -2.48. The number of carboxylic acid groups (broad SMARTS) is 1. The fourth-order valence-corrected chi connectivity index (χ4v) is 6.14. The molecule has 32 heavy (non-hydrogen) atoms.